The molecule has 0 aliphatic heterocycles. The van der Waals surface area contributed by atoms with E-state index in [2.05, 4.69) is 0 Å². The monoisotopic (exact) mass is 240 g/mol. The number of hydrogen-bond acceptors (Lipinski definition) is 2. The van der Waals surface area contributed by atoms with Gasteiger partial charge in [-0.2, -0.15) is 0 Å². The van der Waals surface area contributed by atoms with Crippen molar-refractivity contribution in [3.63, 3.8) is 0 Å². The standard InChI is InChI=1S/C12H17ClN2O/c1-3-7-15(4-2)12(16)9-5-6-10(13)11(14)8-9/h5-6,8H,3-4,7,14H2,1-2H3. The van der Waals surface area contributed by atoms with Crippen LogP contribution in [-0.2, 0) is 0 Å². The van der Waals surface area contributed by atoms with Crippen LogP contribution in [0, 0.1) is 0 Å². The normalized spacial score (nSPS) is 10.2. The average molecular weight is 241 g/mol. The quantitative estimate of drug-likeness (QED) is 0.823. The predicted molar refractivity (Wildman–Crippen MR) is 67.7 cm³/mol. The lowest BCUT2D eigenvalue weighted by atomic mass is 10.1. The highest BCUT2D eigenvalue weighted by Crippen LogP contribution is 2.20. The Morgan fingerprint density at radius 3 is 2.62 bits per heavy atom. The lowest BCUT2D eigenvalue weighted by Crippen LogP contribution is -2.31. The molecule has 0 aromatic heterocycles. The Morgan fingerprint density at radius 1 is 1.44 bits per heavy atom. The molecule has 0 fully saturated rings. The van der Waals surface area contributed by atoms with Crippen molar-refractivity contribution in [2.45, 2.75) is 20.3 Å². The van der Waals surface area contributed by atoms with Crippen LogP contribution in [0.2, 0.25) is 5.02 Å². The molecule has 2 N–H and O–H groups in total. The molecule has 0 aliphatic rings. The van der Waals surface area contributed by atoms with Gasteiger partial charge in [0.25, 0.3) is 5.91 Å². The molecule has 1 amide bonds. The summed E-state index contributed by atoms with van der Waals surface area (Å²) in [6.45, 7) is 5.48. The van der Waals surface area contributed by atoms with Crippen LogP contribution in [0.5, 0.6) is 0 Å². The van der Waals surface area contributed by atoms with Crippen molar-refractivity contribution in [3.8, 4) is 0 Å². The second-order valence-corrected chi connectivity index (χ2v) is 4.03. The van der Waals surface area contributed by atoms with E-state index in [1.807, 2.05) is 13.8 Å². The average Bonchev–Trinajstić information content (AvgIpc) is 2.28. The molecule has 0 heterocycles. The van der Waals surface area contributed by atoms with Gasteiger partial charge in [-0.15, -0.1) is 0 Å². The minimum Gasteiger partial charge on any atom is -0.398 e. The largest absolute Gasteiger partial charge is 0.398 e. The summed E-state index contributed by atoms with van der Waals surface area (Å²) in [6.07, 6.45) is 0.947. The third-order valence-corrected chi connectivity index (χ3v) is 2.75. The number of carbonyl (C=O) groups is 1. The van der Waals surface area contributed by atoms with Gasteiger partial charge in [-0.3, -0.25) is 4.79 Å². The molecule has 3 nitrogen and oxygen atoms in total. The number of hydrogen-bond donors (Lipinski definition) is 1. The highest BCUT2D eigenvalue weighted by molar-refractivity contribution is 6.33. The zero-order chi connectivity index (χ0) is 12.1. The first kappa shape index (κ1) is 12.8. The Hall–Kier alpha value is -1.22. The summed E-state index contributed by atoms with van der Waals surface area (Å²) in [7, 11) is 0. The number of amides is 1. The maximum absolute atomic E-state index is 12.1. The van der Waals surface area contributed by atoms with Gasteiger partial charge >= 0.3 is 0 Å². The van der Waals surface area contributed by atoms with E-state index in [9.17, 15) is 4.79 Å². The molecule has 4 heteroatoms. The third-order valence-electron chi connectivity index (χ3n) is 2.41. The number of nitrogens with zero attached hydrogens (tertiary/aromatic N) is 1. The molecule has 0 spiro atoms. The fraction of sp³-hybridized carbons (Fsp3) is 0.417. The van der Waals surface area contributed by atoms with Gasteiger partial charge in [0.1, 0.15) is 0 Å². The van der Waals surface area contributed by atoms with Gasteiger partial charge in [-0.1, -0.05) is 18.5 Å². The number of rotatable bonds is 4. The van der Waals surface area contributed by atoms with E-state index in [1.54, 1.807) is 23.1 Å². The maximum atomic E-state index is 12.1. The van der Waals surface area contributed by atoms with Crippen molar-refractivity contribution in [1.29, 1.82) is 0 Å². The first-order valence-corrected chi connectivity index (χ1v) is 5.82. The molecule has 0 unspecified atom stereocenters. The highest BCUT2D eigenvalue weighted by atomic mass is 35.5. The molecule has 16 heavy (non-hydrogen) atoms. The van der Waals surface area contributed by atoms with E-state index in [4.69, 9.17) is 17.3 Å². The van der Waals surface area contributed by atoms with Crippen LogP contribution in [-0.4, -0.2) is 23.9 Å². The fourth-order valence-electron chi connectivity index (χ4n) is 1.53. The van der Waals surface area contributed by atoms with Gasteiger partial charge in [0.15, 0.2) is 0 Å². The molecular formula is C12H17ClN2O. The van der Waals surface area contributed by atoms with E-state index in [0.29, 0.717) is 22.8 Å². The zero-order valence-electron chi connectivity index (χ0n) is 9.66. The minimum atomic E-state index is 0.00715. The molecule has 0 saturated carbocycles. The number of anilines is 1. The zero-order valence-corrected chi connectivity index (χ0v) is 10.4. The summed E-state index contributed by atoms with van der Waals surface area (Å²) in [4.78, 5) is 13.9. The van der Waals surface area contributed by atoms with Gasteiger partial charge < -0.3 is 10.6 Å². The number of nitrogens with two attached hydrogens (primary N) is 1. The molecule has 88 valence electrons. The molecular weight excluding hydrogens is 224 g/mol. The van der Waals surface area contributed by atoms with Crippen LogP contribution in [0.25, 0.3) is 0 Å². The van der Waals surface area contributed by atoms with E-state index in [0.717, 1.165) is 13.0 Å². The number of benzene rings is 1. The summed E-state index contributed by atoms with van der Waals surface area (Å²) < 4.78 is 0. The molecule has 0 aliphatic carbocycles. The molecule has 1 aromatic carbocycles. The van der Waals surface area contributed by atoms with Gasteiger partial charge in [0.2, 0.25) is 0 Å². The van der Waals surface area contributed by atoms with Crippen LogP contribution in [0.4, 0.5) is 5.69 Å². The summed E-state index contributed by atoms with van der Waals surface area (Å²) in [6, 6.07) is 4.99. The van der Waals surface area contributed by atoms with Crippen molar-refractivity contribution in [3.05, 3.63) is 28.8 Å². The van der Waals surface area contributed by atoms with E-state index < -0.39 is 0 Å². The minimum absolute atomic E-state index is 0.00715. The third kappa shape index (κ3) is 2.89. The molecule has 1 rings (SSSR count). The lowest BCUT2D eigenvalue weighted by Gasteiger charge is -2.20. The first-order valence-electron chi connectivity index (χ1n) is 5.44. The second-order valence-electron chi connectivity index (χ2n) is 3.62. The number of carbonyl (C=O) groups excluding carboxylic acids is 1. The molecule has 1 aromatic rings. The maximum Gasteiger partial charge on any atom is 0.253 e. The lowest BCUT2D eigenvalue weighted by molar-refractivity contribution is 0.0764. The van der Waals surface area contributed by atoms with E-state index in [-0.39, 0.29) is 5.91 Å². The highest BCUT2D eigenvalue weighted by Gasteiger charge is 2.13. The molecule has 0 atom stereocenters. The fourth-order valence-corrected chi connectivity index (χ4v) is 1.65. The summed E-state index contributed by atoms with van der Waals surface area (Å²) in [5.74, 6) is 0.00715. The topological polar surface area (TPSA) is 46.3 Å². The SMILES string of the molecule is CCCN(CC)C(=O)c1ccc(Cl)c(N)c1. The van der Waals surface area contributed by atoms with Gasteiger partial charge in [0.05, 0.1) is 10.7 Å². The van der Waals surface area contributed by atoms with Crippen molar-refractivity contribution in [2.75, 3.05) is 18.8 Å². The van der Waals surface area contributed by atoms with Crippen LogP contribution in [0.15, 0.2) is 18.2 Å². The second kappa shape index (κ2) is 5.75. The molecule has 0 bridgehead atoms. The van der Waals surface area contributed by atoms with Crippen molar-refractivity contribution < 1.29 is 4.79 Å². The number of halogens is 1. The first-order chi connectivity index (χ1) is 7.60. The molecule has 0 radical (unpaired) electrons. The smallest absolute Gasteiger partial charge is 0.253 e. The van der Waals surface area contributed by atoms with Crippen LogP contribution in [0.3, 0.4) is 0 Å². The van der Waals surface area contributed by atoms with E-state index >= 15 is 0 Å². The van der Waals surface area contributed by atoms with Crippen LogP contribution < -0.4 is 5.73 Å². The Morgan fingerprint density at radius 2 is 2.12 bits per heavy atom. The Kier molecular flexibility index (Phi) is 4.62. The van der Waals surface area contributed by atoms with Gasteiger partial charge in [0, 0.05) is 18.7 Å². The number of nitrogen functional groups attached to an aromatic ring is 1. The summed E-state index contributed by atoms with van der Waals surface area (Å²) in [5.41, 5.74) is 6.71. The Balaban J connectivity index is 2.90. The Bertz CT molecular complexity index is 379. The van der Waals surface area contributed by atoms with Crippen LogP contribution >= 0.6 is 11.6 Å². The summed E-state index contributed by atoms with van der Waals surface area (Å²) >= 11 is 5.81. The van der Waals surface area contributed by atoms with Crippen molar-refractivity contribution >= 4 is 23.2 Å². The summed E-state index contributed by atoms with van der Waals surface area (Å²) in [5, 5.41) is 0.482. The Labute approximate surface area is 101 Å². The predicted octanol–water partition coefficient (Wildman–Crippen LogP) is 2.79. The van der Waals surface area contributed by atoms with Gasteiger partial charge in [-0.25, -0.2) is 0 Å². The van der Waals surface area contributed by atoms with Crippen molar-refractivity contribution in [1.82, 2.24) is 4.90 Å². The van der Waals surface area contributed by atoms with Crippen molar-refractivity contribution in [2.24, 2.45) is 0 Å². The van der Waals surface area contributed by atoms with E-state index in [1.165, 1.54) is 0 Å². The van der Waals surface area contributed by atoms with Crippen LogP contribution in [0.1, 0.15) is 30.6 Å². The molecule has 0 saturated heterocycles. The van der Waals surface area contributed by atoms with Gasteiger partial charge in [-0.05, 0) is 31.5 Å².